The number of rotatable bonds is 4. The standard InChI is InChI=1S/C16H21F3N2O2/c1-13(23-14-6-3-2-4-7-14)15(22)21-9-5-8-20(10-11-21)12-16(17,18)19/h2-4,6-7,13H,5,8-12H2,1H3. The van der Waals surface area contributed by atoms with Crippen molar-refractivity contribution in [3.63, 3.8) is 0 Å². The third-order valence-electron chi connectivity index (χ3n) is 3.71. The van der Waals surface area contributed by atoms with Crippen LogP contribution in [0.2, 0.25) is 0 Å². The molecule has 1 saturated heterocycles. The molecule has 1 aromatic rings. The van der Waals surface area contributed by atoms with Crippen LogP contribution < -0.4 is 4.74 Å². The summed E-state index contributed by atoms with van der Waals surface area (Å²) in [7, 11) is 0. The summed E-state index contributed by atoms with van der Waals surface area (Å²) >= 11 is 0. The first-order valence-corrected chi connectivity index (χ1v) is 7.65. The van der Waals surface area contributed by atoms with Gasteiger partial charge in [0.2, 0.25) is 0 Å². The molecule has 4 nitrogen and oxygen atoms in total. The summed E-state index contributed by atoms with van der Waals surface area (Å²) in [6.07, 6.45) is -4.34. The number of halogens is 3. The lowest BCUT2D eigenvalue weighted by molar-refractivity contribution is -0.145. The Hall–Kier alpha value is -1.76. The minimum atomic E-state index is -4.21. The van der Waals surface area contributed by atoms with E-state index < -0.39 is 18.8 Å². The summed E-state index contributed by atoms with van der Waals surface area (Å²) < 4.78 is 43.0. The Balaban J connectivity index is 1.87. The average molecular weight is 330 g/mol. The third-order valence-corrected chi connectivity index (χ3v) is 3.71. The lowest BCUT2D eigenvalue weighted by Gasteiger charge is -2.25. The molecule has 128 valence electrons. The van der Waals surface area contributed by atoms with Crippen LogP contribution >= 0.6 is 0 Å². The van der Waals surface area contributed by atoms with Gasteiger partial charge in [0.05, 0.1) is 6.54 Å². The van der Waals surface area contributed by atoms with Crippen molar-refractivity contribution in [1.82, 2.24) is 9.80 Å². The fraction of sp³-hybridized carbons (Fsp3) is 0.562. The van der Waals surface area contributed by atoms with Crippen molar-refractivity contribution < 1.29 is 22.7 Å². The van der Waals surface area contributed by atoms with Crippen LogP contribution in [0.5, 0.6) is 5.75 Å². The Labute approximate surface area is 133 Å². The number of amides is 1. The van der Waals surface area contributed by atoms with E-state index in [1.54, 1.807) is 24.0 Å². The van der Waals surface area contributed by atoms with Gasteiger partial charge in [0.15, 0.2) is 6.10 Å². The molecule has 1 atom stereocenters. The van der Waals surface area contributed by atoms with E-state index in [2.05, 4.69) is 0 Å². The molecule has 1 heterocycles. The molecule has 1 aliphatic heterocycles. The molecule has 1 aliphatic rings. The van der Waals surface area contributed by atoms with Crippen LogP contribution in [-0.2, 0) is 4.79 Å². The first-order chi connectivity index (χ1) is 10.8. The van der Waals surface area contributed by atoms with Gasteiger partial charge in [-0.2, -0.15) is 13.2 Å². The summed E-state index contributed by atoms with van der Waals surface area (Å²) in [4.78, 5) is 15.3. The largest absolute Gasteiger partial charge is 0.481 e. The summed E-state index contributed by atoms with van der Waals surface area (Å²) in [5.41, 5.74) is 0. The molecule has 0 spiro atoms. The monoisotopic (exact) mass is 330 g/mol. The van der Waals surface area contributed by atoms with Crippen molar-refractivity contribution in [2.75, 3.05) is 32.7 Å². The van der Waals surface area contributed by atoms with E-state index in [1.807, 2.05) is 18.2 Å². The highest BCUT2D eigenvalue weighted by atomic mass is 19.4. The molecule has 0 radical (unpaired) electrons. The van der Waals surface area contributed by atoms with Crippen molar-refractivity contribution >= 4 is 5.91 Å². The smallest absolute Gasteiger partial charge is 0.401 e. The molecule has 7 heteroatoms. The predicted octanol–water partition coefficient (Wildman–Crippen LogP) is 2.55. The van der Waals surface area contributed by atoms with Crippen molar-refractivity contribution in [3.05, 3.63) is 30.3 Å². The van der Waals surface area contributed by atoms with Crippen LogP contribution in [-0.4, -0.2) is 60.7 Å². The molecule has 0 bridgehead atoms. The third kappa shape index (κ3) is 5.74. The number of hydrogen-bond acceptors (Lipinski definition) is 3. The van der Waals surface area contributed by atoms with E-state index >= 15 is 0 Å². The van der Waals surface area contributed by atoms with Crippen molar-refractivity contribution in [3.8, 4) is 5.75 Å². The number of hydrogen-bond donors (Lipinski definition) is 0. The molecule has 2 rings (SSSR count). The number of nitrogens with zero attached hydrogens (tertiary/aromatic N) is 2. The zero-order valence-corrected chi connectivity index (χ0v) is 13.1. The number of benzene rings is 1. The van der Waals surface area contributed by atoms with Crippen LogP contribution in [0.1, 0.15) is 13.3 Å². The summed E-state index contributed by atoms with van der Waals surface area (Å²) in [5, 5.41) is 0. The molecule has 1 unspecified atom stereocenters. The Kier molecular flexibility index (Phi) is 5.87. The number of ether oxygens (including phenoxy) is 1. The van der Waals surface area contributed by atoms with Gasteiger partial charge in [-0.05, 0) is 25.5 Å². The second-order valence-electron chi connectivity index (χ2n) is 5.64. The lowest BCUT2D eigenvalue weighted by Crippen LogP contribution is -2.43. The van der Waals surface area contributed by atoms with Crippen molar-refractivity contribution in [2.24, 2.45) is 0 Å². The van der Waals surface area contributed by atoms with Gasteiger partial charge in [-0.3, -0.25) is 9.69 Å². The van der Waals surface area contributed by atoms with Crippen LogP contribution in [0.3, 0.4) is 0 Å². The maximum atomic E-state index is 12.5. The second kappa shape index (κ2) is 7.68. The van der Waals surface area contributed by atoms with E-state index in [1.165, 1.54) is 4.90 Å². The average Bonchev–Trinajstić information content (AvgIpc) is 2.71. The highest BCUT2D eigenvalue weighted by Gasteiger charge is 2.32. The predicted molar refractivity (Wildman–Crippen MR) is 80.2 cm³/mol. The Morgan fingerprint density at radius 2 is 1.87 bits per heavy atom. The Morgan fingerprint density at radius 1 is 1.17 bits per heavy atom. The molecular weight excluding hydrogens is 309 g/mol. The van der Waals surface area contributed by atoms with Gasteiger partial charge in [-0.1, -0.05) is 18.2 Å². The maximum Gasteiger partial charge on any atom is 0.401 e. The van der Waals surface area contributed by atoms with E-state index in [0.29, 0.717) is 25.3 Å². The van der Waals surface area contributed by atoms with Crippen LogP contribution in [0.4, 0.5) is 13.2 Å². The van der Waals surface area contributed by atoms with Crippen molar-refractivity contribution in [1.29, 1.82) is 0 Å². The Morgan fingerprint density at radius 3 is 2.52 bits per heavy atom. The quantitative estimate of drug-likeness (QED) is 0.851. The minimum absolute atomic E-state index is 0.192. The first kappa shape index (κ1) is 17.6. The molecule has 0 aromatic heterocycles. The van der Waals surface area contributed by atoms with E-state index in [9.17, 15) is 18.0 Å². The molecular formula is C16H21F3N2O2. The molecule has 1 amide bonds. The Bertz CT molecular complexity index is 508. The zero-order valence-electron chi connectivity index (χ0n) is 13.1. The number of alkyl halides is 3. The maximum absolute atomic E-state index is 12.5. The van der Waals surface area contributed by atoms with Crippen molar-refractivity contribution in [2.45, 2.75) is 25.6 Å². The van der Waals surface area contributed by atoms with Crippen LogP contribution in [0.15, 0.2) is 30.3 Å². The van der Waals surface area contributed by atoms with Crippen LogP contribution in [0, 0.1) is 0 Å². The number of carbonyl (C=O) groups is 1. The summed E-state index contributed by atoms with van der Waals surface area (Å²) in [6, 6.07) is 9.00. The lowest BCUT2D eigenvalue weighted by atomic mass is 10.3. The fourth-order valence-corrected chi connectivity index (χ4v) is 2.61. The molecule has 0 saturated carbocycles. The van der Waals surface area contributed by atoms with Gasteiger partial charge in [-0.15, -0.1) is 0 Å². The second-order valence-corrected chi connectivity index (χ2v) is 5.64. The molecule has 23 heavy (non-hydrogen) atoms. The van der Waals surface area contributed by atoms with E-state index in [-0.39, 0.29) is 19.0 Å². The molecule has 1 fully saturated rings. The zero-order chi connectivity index (χ0) is 16.9. The van der Waals surface area contributed by atoms with E-state index in [0.717, 1.165) is 0 Å². The minimum Gasteiger partial charge on any atom is -0.481 e. The summed E-state index contributed by atoms with van der Waals surface area (Å²) in [5.74, 6) is 0.407. The van der Waals surface area contributed by atoms with Gasteiger partial charge < -0.3 is 9.64 Å². The first-order valence-electron chi connectivity index (χ1n) is 7.65. The highest BCUT2D eigenvalue weighted by molar-refractivity contribution is 5.81. The molecule has 0 aliphatic carbocycles. The topological polar surface area (TPSA) is 32.8 Å². The fourth-order valence-electron chi connectivity index (χ4n) is 2.61. The van der Waals surface area contributed by atoms with Gasteiger partial charge in [0.1, 0.15) is 5.75 Å². The van der Waals surface area contributed by atoms with Crippen LogP contribution in [0.25, 0.3) is 0 Å². The SMILES string of the molecule is CC(Oc1ccccc1)C(=O)N1CCCN(CC(F)(F)F)CC1. The normalized spacial score (nSPS) is 18.3. The van der Waals surface area contributed by atoms with Gasteiger partial charge in [0, 0.05) is 26.2 Å². The molecule has 1 aromatic carbocycles. The van der Waals surface area contributed by atoms with E-state index in [4.69, 9.17) is 4.74 Å². The summed E-state index contributed by atoms with van der Waals surface area (Å²) in [6.45, 7) is 2.05. The number of carbonyl (C=O) groups excluding carboxylic acids is 1. The van der Waals surface area contributed by atoms with Gasteiger partial charge in [0.25, 0.3) is 5.91 Å². The number of para-hydroxylation sites is 1. The van der Waals surface area contributed by atoms with Gasteiger partial charge >= 0.3 is 6.18 Å². The highest BCUT2D eigenvalue weighted by Crippen LogP contribution is 2.18. The van der Waals surface area contributed by atoms with Gasteiger partial charge in [-0.25, -0.2) is 0 Å². The molecule has 0 N–H and O–H groups in total.